The minimum Gasteiger partial charge on any atom is -0.320 e. The number of piperidine rings is 1. The normalized spacial score (nSPS) is 21.0. The number of nitrogens with zero attached hydrogens (tertiary/aromatic N) is 1. The summed E-state index contributed by atoms with van der Waals surface area (Å²) in [6.45, 7) is 1.47. The van der Waals surface area contributed by atoms with E-state index in [1.165, 1.54) is 0 Å². The summed E-state index contributed by atoms with van der Waals surface area (Å²) < 4.78 is 28.1. The molecule has 2 rings (SSSR count). The van der Waals surface area contributed by atoms with E-state index < -0.39 is 10.0 Å². The van der Waals surface area contributed by atoms with Gasteiger partial charge in [-0.2, -0.15) is 4.31 Å². The fourth-order valence-corrected chi connectivity index (χ4v) is 4.97. The first-order chi connectivity index (χ1) is 9.55. The highest BCUT2D eigenvalue weighted by Gasteiger charge is 2.33. The second-order valence-electron chi connectivity index (χ2n) is 5.11. The second kappa shape index (κ2) is 7.02. The van der Waals surface area contributed by atoms with Crippen molar-refractivity contribution in [3.63, 3.8) is 0 Å². The number of rotatable bonds is 5. The fourth-order valence-electron chi connectivity index (χ4n) is 2.65. The molecule has 1 fully saturated rings. The average molecular weight is 361 g/mol. The van der Waals surface area contributed by atoms with Crippen molar-refractivity contribution in [3.05, 3.63) is 28.7 Å². The van der Waals surface area contributed by atoms with Crippen LogP contribution in [0.3, 0.4) is 0 Å². The van der Waals surface area contributed by atoms with E-state index in [4.69, 9.17) is 0 Å². The van der Waals surface area contributed by atoms with Crippen molar-refractivity contribution in [1.82, 2.24) is 9.62 Å². The molecule has 1 aliphatic rings. The first-order valence-electron chi connectivity index (χ1n) is 6.97. The summed E-state index contributed by atoms with van der Waals surface area (Å²) >= 11 is 3.34. The molecule has 1 saturated heterocycles. The number of sulfonamides is 1. The van der Waals surface area contributed by atoms with Gasteiger partial charge in [-0.25, -0.2) is 8.42 Å². The van der Waals surface area contributed by atoms with Gasteiger partial charge in [0.2, 0.25) is 10.0 Å². The lowest BCUT2D eigenvalue weighted by Gasteiger charge is -2.34. The van der Waals surface area contributed by atoms with Gasteiger partial charge in [-0.3, -0.25) is 0 Å². The van der Waals surface area contributed by atoms with Crippen LogP contribution in [0.1, 0.15) is 25.7 Å². The van der Waals surface area contributed by atoms with E-state index in [1.807, 2.05) is 13.1 Å². The third kappa shape index (κ3) is 3.61. The van der Waals surface area contributed by atoms with Crippen LogP contribution < -0.4 is 5.32 Å². The van der Waals surface area contributed by atoms with E-state index in [1.54, 1.807) is 22.5 Å². The highest BCUT2D eigenvalue weighted by molar-refractivity contribution is 9.10. The number of nitrogens with one attached hydrogen (secondary N) is 1. The summed E-state index contributed by atoms with van der Waals surface area (Å²) in [5, 5.41) is 3.11. The smallest absolute Gasteiger partial charge is 0.243 e. The van der Waals surface area contributed by atoms with E-state index in [2.05, 4.69) is 21.2 Å². The SMILES string of the molecule is CNCCC1CCCCN1S(=O)(=O)c1cccc(Br)c1. The maximum atomic E-state index is 12.8. The van der Waals surface area contributed by atoms with Crippen LogP contribution in [0.2, 0.25) is 0 Å². The molecule has 0 spiro atoms. The molecule has 20 heavy (non-hydrogen) atoms. The maximum Gasteiger partial charge on any atom is 0.243 e. The molecule has 0 radical (unpaired) electrons. The highest BCUT2D eigenvalue weighted by Crippen LogP contribution is 2.28. The number of halogens is 1. The van der Waals surface area contributed by atoms with Crippen molar-refractivity contribution in [1.29, 1.82) is 0 Å². The van der Waals surface area contributed by atoms with Crippen LogP contribution in [-0.4, -0.2) is 38.9 Å². The van der Waals surface area contributed by atoms with Gasteiger partial charge in [-0.15, -0.1) is 0 Å². The van der Waals surface area contributed by atoms with Crippen LogP contribution in [0.15, 0.2) is 33.6 Å². The van der Waals surface area contributed by atoms with Crippen LogP contribution in [0.25, 0.3) is 0 Å². The summed E-state index contributed by atoms with van der Waals surface area (Å²) in [4.78, 5) is 0.378. The Morgan fingerprint density at radius 1 is 1.40 bits per heavy atom. The summed E-state index contributed by atoms with van der Waals surface area (Å²) in [5.74, 6) is 0. The van der Waals surface area contributed by atoms with E-state index in [0.29, 0.717) is 11.4 Å². The van der Waals surface area contributed by atoms with Crippen molar-refractivity contribution in [3.8, 4) is 0 Å². The minimum absolute atomic E-state index is 0.111. The van der Waals surface area contributed by atoms with Crippen molar-refractivity contribution in [2.75, 3.05) is 20.1 Å². The van der Waals surface area contributed by atoms with Crippen LogP contribution in [0.4, 0.5) is 0 Å². The predicted molar refractivity (Wildman–Crippen MR) is 84.2 cm³/mol. The Balaban J connectivity index is 2.26. The lowest BCUT2D eigenvalue weighted by Crippen LogP contribution is -2.44. The van der Waals surface area contributed by atoms with Gasteiger partial charge in [0.1, 0.15) is 0 Å². The van der Waals surface area contributed by atoms with E-state index in [9.17, 15) is 8.42 Å². The molecule has 1 atom stereocenters. The first-order valence-corrected chi connectivity index (χ1v) is 9.21. The molecule has 6 heteroatoms. The van der Waals surface area contributed by atoms with Gasteiger partial charge in [0, 0.05) is 17.1 Å². The van der Waals surface area contributed by atoms with E-state index >= 15 is 0 Å². The quantitative estimate of drug-likeness (QED) is 0.877. The van der Waals surface area contributed by atoms with Crippen LogP contribution >= 0.6 is 15.9 Å². The molecule has 1 unspecified atom stereocenters. The molecule has 0 saturated carbocycles. The summed E-state index contributed by atoms with van der Waals surface area (Å²) in [5.41, 5.74) is 0. The standard InChI is InChI=1S/C14H21BrN2O2S/c1-16-9-8-13-6-2-3-10-17(13)20(18,19)14-7-4-5-12(15)11-14/h4-5,7,11,13,16H,2-3,6,8-10H2,1H3. The molecule has 1 aromatic carbocycles. The summed E-state index contributed by atoms with van der Waals surface area (Å²) in [7, 11) is -1.49. The van der Waals surface area contributed by atoms with E-state index in [-0.39, 0.29) is 6.04 Å². The maximum absolute atomic E-state index is 12.8. The van der Waals surface area contributed by atoms with Crippen molar-refractivity contribution < 1.29 is 8.42 Å². The van der Waals surface area contributed by atoms with Gasteiger partial charge in [0.25, 0.3) is 0 Å². The summed E-state index contributed by atoms with van der Waals surface area (Å²) in [6, 6.07) is 7.07. The first kappa shape index (κ1) is 15.9. The monoisotopic (exact) mass is 360 g/mol. The molecule has 1 aromatic rings. The van der Waals surface area contributed by atoms with Crippen molar-refractivity contribution >= 4 is 26.0 Å². The number of hydrogen-bond acceptors (Lipinski definition) is 3. The van der Waals surface area contributed by atoms with Gasteiger partial charge in [-0.05, 0) is 51.1 Å². The zero-order chi connectivity index (χ0) is 14.6. The molecule has 4 nitrogen and oxygen atoms in total. The molecule has 1 N–H and O–H groups in total. The molecule has 112 valence electrons. The molecule has 1 aliphatic heterocycles. The average Bonchev–Trinajstić information content (AvgIpc) is 2.45. The Hall–Kier alpha value is -0.430. The van der Waals surface area contributed by atoms with Gasteiger partial charge in [-0.1, -0.05) is 28.4 Å². The number of benzene rings is 1. The minimum atomic E-state index is -3.39. The largest absolute Gasteiger partial charge is 0.320 e. The van der Waals surface area contributed by atoms with Crippen molar-refractivity contribution in [2.45, 2.75) is 36.6 Å². The zero-order valence-corrected chi connectivity index (χ0v) is 14.1. The highest BCUT2D eigenvalue weighted by atomic mass is 79.9. The zero-order valence-electron chi connectivity index (χ0n) is 11.7. The van der Waals surface area contributed by atoms with E-state index in [0.717, 1.165) is 36.7 Å². The molecular weight excluding hydrogens is 340 g/mol. The number of hydrogen-bond donors (Lipinski definition) is 1. The van der Waals surface area contributed by atoms with Gasteiger partial charge in [0.05, 0.1) is 4.90 Å². The Kier molecular flexibility index (Phi) is 5.60. The van der Waals surface area contributed by atoms with Crippen LogP contribution in [0, 0.1) is 0 Å². The Labute approximate surface area is 129 Å². The predicted octanol–water partition coefficient (Wildman–Crippen LogP) is 2.60. The molecule has 0 amide bonds. The van der Waals surface area contributed by atoms with Gasteiger partial charge in [0.15, 0.2) is 0 Å². The van der Waals surface area contributed by atoms with Crippen LogP contribution in [0.5, 0.6) is 0 Å². The van der Waals surface area contributed by atoms with Crippen molar-refractivity contribution in [2.24, 2.45) is 0 Å². The molecule has 0 aromatic heterocycles. The topological polar surface area (TPSA) is 49.4 Å². The fraction of sp³-hybridized carbons (Fsp3) is 0.571. The molecule has 1 heterocycles. The lowest BCUT2D eigenvalue weighted by atomic mass is 10.0. The molecule has 0 bridgehead atoms. The van der Waals surface area contributed by atoms with Crippen LogP contribution in [-0.2, 0) is 10.0 Å². The third-order valence-electron chi connectivity index (χ3n) is 3.70. The summed E-state index contributed by atoms with van der Waals surface area (Å²) in [6.07, 6.45) is 3.88. The van der Waals surface area contributed by atoms with Gasteiger partial charge >= 0.3 is 0 Å². The van der Waals surface area contributed by atoms with Gasteiger partial charge < -0.3 is 5.32 Å². The Morgan fingerprint density at radius 3 is 2.90 bits per heavy atom. The Bertz CT molecular complexity index is 548. The molecular formula is C14H21BrN2O2S. The Morgan fingerprint density at radius 2 is 2.20 bits per heavy atom. The lowest BCUT2D eigenvalue weighted by molar-refractivity contribution is 0.240. The molecule has 0 aliphatic carbocycles. The second-order valence-corrected chi connectivity index (χ2v) is 7.92. The third-order valence-corrected chi connectivity index (χ3v) is 6.14.